The van der Waals surface area contributed by atoms with E-state index >= 15 is 0 Å². The predicted octanol–water partition coefficient (Wildman–Crippen LogP) is 5.98. The van der Waals surface area contributed by atoms with Crippen molar-refractivity contribution in [2.75, 3.05) is 0 Å². The topological polar surface area (TPSA) is 36.4 Å². The van der Waals surface area contributed by atoms with Crippen LogP contribution in [-0.2, 0) is 0 Å². The van der Waals surface area contributed by atoms with Gasteiger partial charge in [-0.05, 0) is 40.8 Å². The molecule has 0 aliphatic carbocycles. The summed E-state index contributed by atoms with van der Waals surface area (Å²) in [6.07, 6.45) is 5.74. The second-order valence-electron chi connectivity index (χ2n) is 5.98. The van der Waals surface area contributed by atoms with Crippen LogP contribution < -0.4 is 0 Å². The summed E-state index contributed by atoms with van der Waals surface area (Å²) in [7, 11) is 0. The molecule has 0 heterocycles. The third-order valence-electron chi connectivity index (χ3n) is 4.29. The third-order valence-corrected chi connectivity index (χ3v) is 4.29. The molecule has 2 nitrogen and oxygen atoms in total. The highest BCUT2D eigenvalue weighted by atomic mass is 14.8. The van der Waals surface area contributed by atoms with Crippen molar-refractivity contribution in [3.05, 3.63) is 119 Å². The molecule has 3 rings (SSSR count). The van der Waals surface area contributed by atoms with Gasteiger partial charge < -0.3 is 5.53 Å². The minimum absolute atomic E-state index is 0.883. The molecule has 0 fully saturated rings. The van der Waals surface area contributed by atoms with Crippen molar-refractivity contribution in [1.29, 1.82) is 0 Å². The van der Waals surface area contributed by atoms with E-state index < -0.39 is 0 Å². The van der Waals surface area contributed by atoms with E-state index in [0.29, 0.717) is 0 Å². The molecule has 0 saturated heterocycles. The average Bonchev–Trinajstić information content (AvgIpc) is 2.70. The molecular weight excluding hydrogens is 316 g/mol. The van der Waals surface area contributed by atoms with E-state index in [1.807, 2.05) is 60.7 Å². The Morgan fingerprint density at radius 3 is 2.12 bits per heavy atom. The molecule has 2 heteroatoms. The molecule has 3 aromatic carbocycles. The molecule has 0 amide bonds. The summed E-state index contributed by atoms with van der Waals surface area (Å²) < 4.78 is 0. The molecule has 0 bridgehead atoms. The van der Waals surface area contributed by atoms with Crippen LogP contribution in [0.15, 0.2) is 91.0 Å². The molecule has 0 radical (unpaired) electrons. The van der Waals surface area contributed by atoms with Gasteiger partial charge in [-0.25, -0.2) is 0 Å². The summed E-state index contributed by atoms with van der Waals surface area (Å²) >= 11 is 0. The Labute approximate surface area is 154 Å². The standard InChI is InChI=1S/C24H20N2/c1-19(23-15-9-8-14-22(23)18-26-25)24(21-12-6-3-7-13-21)17-16-20-10-4-2-5-11-20/h2-18H,1H3/b17-16+,24-19+. The van der Waals surface area contributed by atoms with Gasteiger partial charge in [-0.3, -0.25) is 0 Å². The van der Waals surface area contributed by atoms with E-state index in [1.54, 1.807) is 0 Å². The van der Waals surface area contributed by atoms with Crippen molar-refractivity contribution >= 4 is 23.4 Å². The van der Waals surface area contributed by atoms with Gasteiger partial charge in [0, 0.05) is 0 Å². The Hall–Kier alpha value is -3.48. The van der Waals surface area contributed by atoms with Crippen molar-refractivity contribution in [3.63, 3.8) is 0 Å². The number of nitrogens with zero attached hydrogens (tertiary/aromatic N) is 2. The highest BCUT2D eigenvalue weighted by molar-refractivity contribution is 6.00. The molecule has 126 valence electrons. The van der Waals surface area contributed by atoms with Gasteiger partial charge in [0.25, 0.3) is 6.21 Å². The monoisotopic (exact) mass is 336 g/mol. The first-order valence-electron chi connectivity index (χ1n) is 8.56. The summed E-state index contributed by atoms with van der Waals surface area (Å²) in [4.78, 5) is 3.21. The lowest BCUT2D eigenvalue weighted by Gasteiger charge is -2.11. The molecule has 0 aliphatic rings. The quantitative estimate of drug-likeness (QED) is 0.181. The van der Waals surface area contributed by atoms with Crippen LogP contribution in [0.4, 0.5) is 0 Å². The highest BCUT2D eigenvalue weighted by Crippen LogP contribution is 2.29. The molecule has 0 saturated carbocycles. The molecule has 0 aromatic heterocycles. The Bertz CT molecular complexity index is 977. The van der Waals surface area contributed by atoms with E-state index in [-0.39, 0.29) is 0 Å². The van der Waals surface area contributed by atoms with Gasteiger partial charge in [0.05, 0.1) is 5.56 Å². The maximum absolute atomic E-state index is 8.97. The van der Waals surface area contributed by atoms with Crippen LogP contribution in [0.1, 0.15) is 29.2 Å². The second kappa shape index (κ2) is 8.57. The molecule has 0 aliphatic heterocycles. The minimum Gasteiger partial charge on any atom is -0.361 e. The van der Waals surface area contributed by atoms with E-state index in [2.05, 4.69) is 48.1 Å². The number of rotatable bonds is 5. The smallest absolute Gasteiger partial charge is 0.288 e. The Morgan fingerprint density at radius 2 is 1.42 bits per heavy atom. The molecule has 26 heavy (non-hydrogen) atoms. The zero-order valence-corrected chi connectivity index (χ0v) is 14.7. The van der Waals surface area contributed by atoms with E-state index in [1.165, 1.54) is 6.21 Å². The summed E-state index contributed by atoms with van der Waals surface area (Å²) in [5.41, 5.74) is 15.5. The first-order chi connectivity index (χ1) is 12.8. The summed E-state index contributed by atoms with van der Waals surface area (Å²) in [5, 5.41) is 0. The lowest BCUT2D eigenvalue weighted by molar-refractivity contribution is 0.00455. The van der Waals surface area contributed by atoms with Gasteiger partial charge in [-0.15, -0.1) is 0 Å². The average molecular weight is 336 g/mol. The van der Waals surface area contributed by atoms with E-state index in [0.717, 1.165) is 33.4 Å². The van der Waals surface area contributed by atoms with Gasteiger partial charge in [0.15, 0.2) is 0 Å². The van der Waals surface area contributed by atoms with Crippen molar-refractivity contribution in [2.24, 2.45) is 0 Å². The predicted molar refractivity (Wildman–Crippen MR) is 110 cm³/mol. The van der Waals surface area contributed by atoms with E-state index in [4.69, 9.17) is 5.53 Å². The minimum atomic E-state index is 0.883. The SMILES string of the molecule is C/C(=C(/C=C/c1ccccc1)c1ccccc1)c1ccccc1C=[N+]=[N-]. The van der Waals surface area contributed by atoms with Crippen LogP contribution in [-0.4, -0.2) is 11.0 Å². The Balaban J connectivity index is 2.15. The second-order valence-corrected chi connectivity index (χ2v) is 5.98. The fraction of sp³-hybridized carbons (Fsp3) is 0.0417. The lowest BCUT2D eigenvalue weighted by Crippen LogP contribution is -1.94. The molecule has 0 atom stereocenters. The first-order valence-corrected chi connectivity index (χ1v) is 8.56. The van der Waals surface area contributed by atoms with Crippen LogP contribution in [0.2, 0.25) is 0 Å². The number of benzene rings is 3. The van der Waals surface area contributed by atoms with Crippen LogP contribution in [0.5, 0.6) is 0 Å². The number of hydrogen-bond donors (Lipinski definition) is 0. The number of hydrogen-bond acceptors (Lipinski definition) is 0. The zero-order chi connectivity index (χ0) is 18.2. The van der Waals surface area contributed by atoms with Crippen LogP contribution in [0.3, 0.4) is 0 Å². The molecular formula is C24H20N2. The van der Waals surface area contributed by atoms with E-state index in [9.17, 15) is 0 Å². The van der Waals surface area contributed by atoms with Crippen LogP contribution >= 0.6 is 0 Å². The Kier molecular flexibility index (Phi) is 5.72. The van der Waals surface area contributed by atoms with Crippen molar-refractivity contribution in [2.45, 2.75) is 6.92 Å². The lowest BCUT2D eigenvalue weighted by atomic mass is 9.92. The van der Waals surface area contributed by atoms with Gasteiger partial charge in [0.2, 0.25) is 0 Å². The molecule has 3 aromatic rings. The maximum Gasteiger partial charge on any atom is 0.288 e. The fourth-order valence-corrected chi connectivity index (χ4v) is 2.96. The first kappa shape index (κ1) is 17.3. The van der Waals surface area contributed by atoms with Crippen LogP contribution in [0.25, 0.3) is 22.8 Å². The molecule has 0 unspecified atom stereocenters. The third kappa shape index (κ3) is 4.13. The molecule has 0 N–H and O–H groups in total. The van der Waals surface area contributed by atoms with Crippen molar-refractivity contribution in [3.8, 4) is 0 Å². The maximum atomic E-state index is 8.97. The summed E-state index contributed by atoms with van der Waals surface area (Å²) in [6.45, 7) is 2.10. The largest absolute Gasteiger partial charge is 0.361 e. The number of allylic oxidation sites excluding steroid dienone is 3. The normalized spacial score (nSPS) is 11.7. The zero-order valence-electron chi connectivity index (χ0n) is 14.7. The fourth-order valence-electron chi connectivity index (χ4n) is 2.96. The summed E-state index contributed by atoms with van der Waals surface area (Å²) in [5.74, 6) is 0. The Morgan fingerprint density at radius 1 is 0.808 bits per heavy atom. The van der Waals surface area contributed by atoms with Gasteiger partial charge in [0.1, 0.15) is 0 Å². The van der Waals surface area contributed by atoms with Crippen LogP contribution in [0, 0.1) is 0 Å². The van der Waals surface area contributed by atoms with Crippen molar-refractivity contribution in [1.82, 2.24) is 0 Å². The highest BCUT2D eigenvalue weighted by Gasteiger charge is 2.10. The molecule has 0 spiro atoms. The van der Waals surface area contributed by atoms with Gasteiger partial charge in [-0.2, -0.15) is 4.79 Å². The summed E-state index contributed by atoms with van der Waals surface area (Å²) in [6, 6.07) is 28.5. The van der Waals surface area contributed by atoms with Crippen molar-refractivity contribution < 1.29 is 4.79 Å². The van der Waals surface area contributed by atoms with Gasteiger partial charge >= 0.3 is 0 Å². The van der Waals surface area contributed by atoms with Gasteiger partial charge in [-0.1, -0.05) is 91.0 Å².